The fourth-order valence-corrected chi connectivity index (χ4v) is 2.09. The van der Waals surface area contributed by atoms with Crippen molar-refractivity contribution in [3.8, 4) is 17.2 Å². The molecule has 2 rings (SSSR count). The molecule has 0 atom stereocenters. The molecular weight excluding hydrogens is 441 g/mol. The first-order chi connectivity index (χ1) is 13.0. The SMILES string of the molecule is CCOc1cc(Oc2ccc(C(F)(F)F)cc2Cl)ccc1[N+](=O)[O-].NC(=S)S. The summed E-state index contributed by atoms with van der Waals surface area (Å²) in [5, 5.41) is 10.7. The fraction of sp³-hybridized carbons (Fsp3) is 0.188. The summed E-state index contributed by atoms with van der Waals surface area (Å²) in [4.78, 5) is 10.3. The highest BCUT2D eigenvalue weighted by Crippen LogP contribution is 2.38. The minimum atomic E-state index is -4.52. The first-order valence-electron chi connectivity index (χ1n) is 7.40. The van der Waals surface area contributed by atoms with Crippen LogP contribution in [-0.2, 0) is 6.18 Å². The van der Waals surface area contributed by atoms with E-state index in [9.17, 15) is 23.3 Å². The molecule has 12 heteroatoms. The van der Waals surface area contributed by atoms with E-state index >= 15 is 0 Å². The molecule has 0 aliphatic rings. The summed E-state index contributed by atoms with van der Waals surface area (Å²) in [5.74, 6) is 0.120. The Labute approximate surface area is 173 Å². The van der Waals surface area contributed by atoms with E-state index in [1.807, 2.05) is 0 Å². The van der Waals surface area contributed by atoms with Crippen molar-refractivity contribution in [3.05, 3.63) is 57.1 Å². The normalized spacial score (nSPS) is 10.5. The Hall–Kier alpha value is -2.24. The summed E-state index contributed by atoms with van der Waals surface area (Å²) in [7, 11) is 0. The van der Waals surface area contributed by atoms with Crippen molar-refractivity contribution in [1.29, 1.82) is 0 Å². The van der Waals surface area contributed by atoms with Crippen LogP contribution in [0.5, 0.6) is 17.2 Å². The third kappa shape index (κ3) is 7.41. The lowest BCUT2D eigenvalue weighted by Crippen LogP contribution is -2.04. The molecule has 0 bridgehead atoms. The zero-order valence-corrected chi connectivity index (χ0v) is 16.7. The molecular formula is C16H14ClF3N2O4S2. The number of nitrogens with zero attached hydrogens (tertiary/aromatic N) is 1. The molecule has 0 aromatic heterocycles. The molecule has 6 nitrogen and oxygen atoms in total. The van der Waals surface area contributed by atoms with Crippen molar-refractivity contribution in [2.45, 2.75) is 13.1 Å². The topological polar surface area (TPSA) is 87.6 Å². The maximum Gasteiger partial charge on any atom is 0.416 e. The first kappa shape index (κ1) is 23.8. The number of nitrogens with two attached hydrogens (primary N) is 1. The molecule has 0 spiro atoms. The standard InChI is InChI=1S/C15H11ClF3NO4.CH3NS2/c1-2-23-14-8-10(4-5-12(14)20(21)22)24-13-6-3-9(7-11(13)16)15(17,18)19;2-1(3)4/h3-8H,2H2,1H3;(H3,2,3,4). The van der Waals surface area contributed by atoms with Crippen LogP contribution in [0.2, 0.25) is 5.02 Å². The zero-order valence-electron chi connectivity index (χ0n) is 14.2. The number of rotatable bonds is 5. The molecule has 0 aliphatic heterocycles. The molecule has 2 aromatic carbocycles. The molecule has 0 aliphatic carbocycles. The van der Waals surface area contributed by atoms with E-state index in [2.05, 4.69) is 24.8 Å². The lowest BCUT2D eigenvalue weighted by atomic mass is 10.2. The van der Waals surface area contributed by atoms with E-state index in [1.165, 1.54) is 18.2 Å². The van der Waals surface area contributed by atoms with Gasteiger partial charge in [-0.05, 0) is 31.2 Å². The Morgan fingerprint density at radius 3 is 2.36 bits per heavy atom. The Balaban J connectivity index is 0.000000892. The predicted octanol–water partition coefficient (Wildman–Crippen LogP) is 5.62. The highest BCUT2D eigenvalue weighted by Gasteiger charge is 2.31. The number of hydrogen-bond donors (Lipinski definition) is 2. The third-order valence-electron chi connectivity index (χ3n) is 2.91. The highest BCUT2D eigenvalue weighted by atomic mass is 35.5. The number of benzene rings is 2. The second kappa shape index (κ2) is 10.3. The summed E-state index contributed by atoms with van der Waals surface area (Å²) < 4.78 is 48.6. The molecule has 0 radical (unpaired) electrons. The molecule has 0 unspecified atom stereocenters. The number of thiol groups is 1. The number of alkyl halides is 3. The molecule has 0 saturated carbocycles. The van der Waals surface area contributed by atoms with Crippen LogP contribution >= 0.6 is 36.4 Å². The van der Waals surface area contributed by atoms with Crippen LogP contribution < -0.4 is 15.2 Å². The van der Waals surface area contributed by atoms with Crippen molar-refractivity contribution in [1.82, 2.24) is 0 Å². The Morgan fingerprint density at radius 1 is 1.29 bits per heavy atom. The Kier molecular flexibility index (Phi) is 8.79. The van der Waals surface area contributed by atoms with E-state index in [0.717, 1.165) is 18.2 Å². The highest BCUT2D eigenvalue weighted by molar-refractivity contribution is 8.10. The van der Waals surface area contributed by atoms with Gasteiger partial charge >= 0.3 is 11.9 Å². The maximum absolute atomic E-state index is 12.6. The number of nitro groups is 1. The lowest BCUT2D eigenvalue weighted by molar-refractivity contribution is -0.385. The minimum Gasteiger partial charge on any atom is -0.487 e. The second-order valence-electron chi connectivity index (χ2n) is 4.90. The van der Waals surface area contributed by atoms with Crippen molar-refractivity contribution in [2.24, 2.45) is 5.73 Å². The first-order valence-corrected chi connectivity index (χ1v) is 8.63. The summed E-state index contributed by atoms with van der Waals surface area (Å²) in [6, 6.07) is 6.40. The van der Waals surface area contributed by atoms with Crippen LogP contribution in [0.15, 0.2) is 36.4 Å². The van der Waals surface area contributed by atoms with Gasteiger partial charge in [-0.3, -0.25) is 10.1 Å². The molecule has 152 valence electrons. The molecule has 2 aromatic rings. The lowest BCUT2D eigenvalue weighted by Gasteiger charge is -2.12. The van der Waals surface area contributed by atoms with E-state index in [4.69, 9.17) is 26.8 Å². The molecule has 2 N–H and O–H groups in total. The van der Waals surface area contributed by atoms with Crippen LogP contribution in [0, 0.1) is 10.1 Å². The van der Waals surface area contributed by atoms with Gasteiger partial charge in [0.05, 0.1) is 22.1 Å². The van der Waals surface area contributed by atoms with Gasteiger partial charge < -0.3 is 15.2 Å². The summed E-state index contributed by atoms with van der Waals surface area (Å²) in [6.45, 7) is 1.86. The smallest absolute Gasteiger partial charge is 0.416 e. The average Bonchev–Trinajstić information content (AvgIpc) is 2.55. The molecule has 0 heterocycles. The van der Waals surface area contributed by atoms with Crippen LogP contribution in [-0.4, -0.2) is 15.9 Å². The minimum absolute atomic E-state index is 0.0111. The Bertz CT molecular complexity index is 862. The quantitative estimate of drug-likeness (QED) is 0.264. The van der Waals surface area contributed by atoms with Gasteiger partial charge in [-0.15, -0.1) is 12.6 Å². The van der Waals surface area contributed by atoms with Crippen molar-refractivity contribution < 1.29 is 27.6 Å². The molecule has 0 fully saturated rings. The van der Waals surface area contributed by atoms with E-state index < -0.39 is 16.7 Å². The number of halogens is 4. The zero-order chi connectivity index (χ0) is 21.5. The van der Waals surface area contributed by atoms with Gasteiger partial charge in [0.2, 0.25) is 5.75 Å². The summed E-state index contributed by atoms with van der Waals surface area (Å²) >= 11 is 13.5. The number of ether oxygens (including phenoxy) is 2. The number of hydrogen-bond acceptors (Lipinski definition) is 5. The van der Waals surface area contributed by atoms with Gasteiger partial charge in [-0.25, -0.2) is 0 Å². The molecule has 28 heavy (non-hydrogen) atoms. The summed E-state index contributed by atoms with van der Waals surface area (Å²) in [6.07, 6.45) is -4.52. The summed E-state index contributed by atoms with van der Waals surface area (Å²) in [5.41, 5.74) is 3.56. The fourth-order valence-electron chi connectivity index (χ4n) is 1.87. The van der Waals surface area contributed by atoms with Gasteiger partial charge in [0, 0.05) is 12.1 Å². The largest absolute Gasteiger partial charge is 0.487 e. The average molecular weight is 455 g/mol. The van der Waals surface area contributed by atoms with Gasteiger partial charge in [-0.2, -0.15) is 13.2 Å². The van der Waals surface area contributed by atoms with Gasteiger partial charge in [-0.1, -0.05) is 23.8 Å². The van der Waals surface area contributed by atoms with Gasteiger partial charge in [0.1, 0.15) is 15.8 Å². The number of nitro benzene ring substituents is 1. The van der Waals surface area contributed by atoms with Crippen molar-refractivity contribution >= 4 is 46.5 Å². The predicted molar refractivity (Wildman–Crippen MR) is 107 cm³/mol. The Morgan fingerprint density at radius 2 is 1.89 bits per heavy atom. The van der Waals surface area contributed by atoms with E-state index in [0.29, 0.717) is 0 Å². The van der Waals surface area contributed by atoms with Crippen molar-refractivity contribution in [3.63, 3.8) is 0 Å². The third-order valence-corrected chi connectivity index (χ3v) is 3.21. The maximum atomic E-state index is 12.6. The van der Waals surface area contributed by atoms with Crippen LogP contribution in [0.3, 0.4) is 0 Å². The molecule has 0 amide bonds. The van der Waals surface area contributed by atoms with E-state index in [1.54, 1.807) is 6.92 Å². The van der Waals surface area contributed by atoms with Crippen molar-refractivity contribution in [2.75, 3.05) is 6.61 Å². The molecule has 0 saturated heterocycles. The van der Waals surface area contributed by atoms with Crippen LogP contribution in [0.4, 0.5) is 18.9 Å². The number of thiocarbonyl (C=S) groups is 1. The second-order valence-corrected chi connectivity index (χ2v) is 6.53. The van der Waals surface area contributed by atoms with Gasteiger partial charge in [0.25, 0.3) is 0 Å². The van der Waals surface area contributed by atoms with Gasteiger partial charge in [0.15, 0.2) is 0 Å². The monoisotopic (exact) mass is 454 g/mol. The van der Waals surface area contributed by atoms with Crippen LogP contribution in [0.1, 0.15) is 12.5 Å². The van der Waals surface area contributed by atoms with Crippen LogP contribution in [0.25, 0.3) is 0 Å². The van der Waals surface area contributed by atoms with E-state index in [-0.39, 0.29) is 38.9 Å².